The van der Waals surface area contributed by atoms with Gasteiger partial charge in [-0.1, -0.05) is 18.2 Å². The Morgan fingerprint density at radius 1 is 1.12 bits per heavy atom. The van der Waals surface area contributed by atoms with Crippen LogP contribution in [0.4, 0.5) is 31.9 Å². The molecule has 5 nitrogen and oxygen atoms in total. The SMILES string of the molecule is CC1Cc2ccccc2N1c1cnnc(Nc2ccc(F)c(F)c2)n1. The van der Waals surface area contributed by atoms with Crippen molar-refractivity contribution in [3.63, 3.8) is 0 Å². The van der Waals surface area contributed by atoms with Crippen LogP contribution >= 0.6 is 0 Å². The third kappa shape index (κ3) is 2.88. The van der Waals surface area contributed by atoms with E-state index in [2.05, 4.69) is 38.4 Å². The minimum Gasteiger partial charge on any atom is -0.323 e. The molecule has 1 atom stereocenters. The summed E-state index contributed by atoms with van der Waals surface area (Å²) in [5.74, 6) is -0.963. The van der Waals surface area contributed by atoms with E-state index in [0.29, 0.717) is 11.5 Å². The highest BCUT2D eigenvalue weighted by Gasteiger charge is 2.28. The number of nitrogens with zero attached hydrogens (tertiary/aromatic N) is 4. The van der Waals surface area contributed by atoms with Crippen molar-refractivity contribution in [2.75, 3.05) is 10.2 Å². The van der Waals surface area contributed by atoms with Crippen LogP contribution in [0.15, 0.2) is 48.7 Å². The van der Waals surface area contributed by atoms with E-state index >= 15 is 0 Å². The van der Waals surface area contributed by atoms with Gasteiger partial charge in [0, 0.05) is 23.5 Å². The number of fused-ring (bicyclic) bond motifs is 1. The molecule has 3 aromatic rings. The second-order valence-electron chi connectivity index (χ2n) is 5.94. The molecular weight excluding hydrogens is 324 g/mol. The van der Waals surface area contributed by atoms with Gasteiger partial charge in [0.05, 0.1) is 6.20 Å². The quantitative estimate of drug-likeness (QED) is 0.782. The maximum Gasteiger partial charge on any atom is 0.249 e. The molecule has 0 saturated carbocycles. The van der Waals surface area contributed by atoms with Gasteiger partial charge in [0.1, 0.15) is 0 Å². The Labute approximate surface area is 143 Å². The Morgan fingerprint density at radius 2 is 1.96 bits per heavy atom. The van der Waals surface area contributed by atoms with Crippen molar-refractivity contribution in [2.45, 2.75) is 19.4 Å². The number of rotatable bonds is 3. The zero-order valence-corrected chi connectivity index (χ0v) is 13.4. The molecule has 0 saturated heterocycles. The molecule has 1 aliphatic rings. The van der Waals surface area contributed by atoms with E-state index in [9.17, 15) is 8.78 Å². The first-order chi connectivity index (χ1) is 12.1. The Morgan fingerprint density at radius 3 is 2.80 bits per heavy atom. The topological polar surface area (TPSA) is 53.9 Å². The smallest absolute Gasteiger partial charge is 0.249 e. The largest absolute Gasteiger partial charge is 0.323 e. The van der Waals surface area contributed by atoms with Crippen molar-refractivity contribution in [2.24, 2.45) is 0 Å². The lowest BCUT2D eigenvalue weighted by Gasteiger charge is -2.23. The van der Waals surface area contributed by atoms with Gasteiger partial charge < -0.3 is 10.2 Å². The van der Waals surface area contributed by atoms with Crippen LogP contribution < -0.4 is 10.2 Å². The van der Waals surface area contributed by atoms with Gasteiger partial charge in [0.2, 0.25) is 5.95 Å². The Hall–Kier alpha value is -3.09. The number of para-hydroxylation sites is 1. The molecule has 1 aromatic heterocycles. The van der Waals surface area contributed by atoms with Crippen LogP contribution in [-0.2, 0) is 6.42 Å². The van der Waals surface area contributed by atoms with Gasteiger partial charge in [0.25, 0.3) is 0 Å². The number of nitrogens with one attached hydrogen (secondary N) is 1. The molecule has 0 spiro atoms. The van der Waals surface area contributed by atoms with Gasteiger partial charge in [-0.15, -0.1) is 5.10 Å². The van der Waals surface area contributed by atoms with E-state index in [-0.39, 0.29) is 12.0 Å². The summed E-state index contributed by atoms with van der Waals surface area (Å²) in [6.07, 6.45) is 2.52. The van der Waals surface area contributed by atoms with Crippen molar-refractivity contribution < 1.29 is 8.78 Å². The minimum atomic E-state index is -0.934. The van der Waals surface area contributed by atoms with Crippen molar-refractivity contribution in [1.29, 1.82) is 0 Å². The Bertz CT molecular complexity index is 931. The summed E-state index contributed by atoms with van der Waals surface area (Å²) in [7, 11) is 0. The lowest BCUT2D eigenvalue weighted by atomic mass is 10.1. The normalized spacial score (nSPS) is 16.0. The summed E-state index contributed by atoms with van der Waals surface area (Å²) in [5, 5.41) is 10.8. The van der Waals surface area contributed by atoms with Crippen LogP contribution in [0.2, 0.25) is 0 Å². The molecule has 0 aliphatic carbocycles. The molecule has 7 heteroatoms. The highest BCUT2D eigenvalue weighted by Crippen LogP contribution is 2.37. The summed E-state index contributed by atoms with van der Waals surface area (Å²) in [4.78, 5) is 6.57. The van der Waals surface area contributed by atoms with E-state index in [4.69, 9.17) is 0 Å². The van der Waals surface area contributed by atoms with Gasteiger partial charge in [-0.25, -0.2) is 8.78 Å². The average molecular weight is 339 g/mol. The fourth-order valence-corrected chi connectivity index (χ4v) is 3.08. The van der Waals surface area contributed by atoms with Crippen molar-refractivity contribution in [3.05, 3.63) is 65.9 Å². The first-order valence-electron chi connectivity index (χ1n) is 7.91. The molecule has 1 N–H and O–H groups in total. The first-order valence-corrected chi connectivity index (χ1v) is 7.91. The highest BCUT2D eigenvalue weighted by molar-refractivity contribution is 5.69. The van der Waals surface area contributed by atoms with Crippen LogP contribution in [0, 0.1) is 11.6 Å². The van der Waals surface area contributed by atoms with Crippen molar-refractivity contribution >= 4 is 23.1 Å². The van der Waals surface area contributed by atoms with E-state index in [1.165, 1.54) is 11.6 Å². The van der Waals surface area contributed by atoms with E-state index in [1.807, 2.05) is 18.2 Å². The molecule has 1 aliphatic heterocycles. The zero-order chi connectivity index (χ0) is 17.4. The molecule has 0 radical (unpaired) electrons. The number of hydrogen-bond acceptors (Lipinski definition) is 5. The van der Waals surface area contributed by atoms with E-state index in [1.54, 1.807) is 6.20 Å². The minimum absolute atomic E-state index is 0.222. The van der Waals surface area contributed by atoms with Crippen molar-refractivity contribution in [3.8, 4) is 0 Å². The van der Waals surface area contributed by atoms with Crippen molar-refractivity contribution in [1.82, 2.24) is 15.2 Å². The molecule has 1 unspecified atom stereocenters. The number of anilines is 4. The first kappa shape index (κ1) is 15.4. The van der Waals surface area contributed by atoms with Crippen LogP contribution in [0.3, 0.4) is 0 Å². The van der Waals surface area contributed by atoms with Crippen LogP contribution in [0.5, 0.6) is 0 Å². The van der Waals surface area contributed by atoms with Gasteiger partial charge in [-0.05, 0) is 37.1 Å². The third-order valence-electron chi connectivity index (χ3n) is 4.18. The molecule has 0 amide bonds. The van der Waals surface area contributed by atoms with Gasteiger partial charge in [-0.3, -0.25) is 0 Å². The van der Waals surface area contributed by atoms with Crippen LogP contribution in [0.1, 0.15) is 12.5 Å². The summed E-state index contributed by atoms with van der Waals surface area (Å²) in [6.45, 7) is 2.12. The molecule has 25 heavy (non-hydrogen) atoms. The summed E-state index contributed by atoms with van der Waals surface area (Å²) < 4.78 is 26.4. The monoisotopic (exact) mass is 339 g/mol. The Balaban J connectivity index is 1.65. The van der Waals surface area contributed by atoms with E-state index in [0.717, 1.165) is 24.2 Å². The molecule has 2 heterocycles. The molecule has 2 aromatic carbocycles. The zero-order valence-electron chi connectivity index (χ0n) is 13.4. The molecule has 126 valence electrons. The van der Waals surface area contributed by atoms with Crippen LogP contribution in [-0.4, -0.2) is 21.2 Å². The number of halogens is 2. The molecule has 4 rings (SSSR count). The fourth-order valence-electron chi connectivity index (χ4n) is 3.08. The Kier molecular flexibility index (Phi) is 3.76. The van der Waals surface area contributed by atoms with Gasteiger partial charge >= 0.3 is 0 Å². The van der Waals surface area contributed by atoms with E-state index < -0.39 is 11.6 Å². The molecule has 0 fully saturated rings. The predicted octanol–water partition coefficient (Wildman–Crippen LogP) is 3.98. The van der Waals surface area contributed by atoms with Gasteiger partial charge in [-0.2, -0.15) is 10.1 Å². The number of benzene rings is 2. The predicted molar refractivity (Wildman–Crippen MR) is 91.2 cm³/mol. The lowest BCUT2D eigenvalue weighted by Crippen LogP contribution is -2.25. The average Bonchev–Trinajstić information content (AvgIpc) is 2.94. The summed E-state index contributed by atoms with van der Waals surface area (Å²) in [6, 6.07) is 11.9. The summed E-state index contributed by atoms with van der Waals surface area (Å²) >= 11 is 0. The van der Waals surface area contributed by atoms with Gasteiger partial charge in [0.15, 0.2) is 17.5 Å². The second-order valence-corrected chi connectivity index (χ2v) is 5.94. The third-order valence-corrected chi connectivity index (χ3v) is 4.18. The van der Waals surface area contributed by atoms with Crippen LogP contribution in [0.25, 0.3) is 0 Å². The number of aromatic nitrogens is 3. The highest BCUT2D eigenvalue weighted by atomic mass is 19.2. The second kappa shape index (κ2) is 6.08. The maximum atomic E-state index is 13.3. The summed E-state index contributed by atoms with van der Waals surface area (Å²) in [5.41, 5.74) is 2.70. The molecule has 0 bridgehead atoms. The fraction of sp³-hybridized carbons (Fsp3) is 0.167. The lowest BCUT2D eigenvalue weighted by molar-refractivity contribution is 0.509. The standard InChI is InChI=1S/C18H15F2N5/c1-11-8-12-4-2-3-5-16(12)25(11)17-10-21-24-18(23-17)22-13-6-7-14(19)15(20)9-13/h2-7,9-11H,8H2,1H3,(H,22,23,24). The number of hydrogen-bond donors (Lipinski definition) is 1. The molecular formula is C18H15F2N5. The maximum absolute atomic E-state index is 13.3.